The van der Waals surface area contributed by atoms with Crippen molar-refractivity contribution in [1.82, 2.24) is 0 Å². The van der Waals surface area contributed by atoms with Crippen LogP contribution >= 0.6 is 0 Å². The van der Waals surface area contributed by atoms with E-state index >= 15 is 0 Å². The van der Waals surface area contributed by atoms with Crippen LogP contribution in [0.15, 0.2) is 48.5 Å². The third-order valence-corrected chi connectivity index (χ3v) is 4.64. The fraction of sp³-hybridized carbons (Fsp3) is 0.286. The van der Waals surface area contributed by atoms with Crippen LogP contribution in [-0.2, 0) is 19.1 Å². The smallest absolute Gasteiger partial charge is 0.259 e. The average Bonchev–Trinajstić information content (AvgIpc) is 2.74. The Bertz CT molecular complexity index is 896. The number of methoxy groups -OCH3 is 1. The maximum Gasteiger partial charge on any atom is 0.259 e. The van der Waals surface area contributed by atoms with Crippen molar-refractivity contribution in [3.63, 3.8) is 0 Å². The SMILES string of the molecule is COC(=N)c1ccc(NC(=O)[C@H](O)[C@H]2OCCN(c3ccc(C)cc3)C2=O)cc1. The Morgan fingerprint density at radius 1 is 1.24 bits per heavy atom. The summed E-state index contributed by atoms with van der Waals surface area (Å²) in [4.78, 5) is 26.7. The largest absolute Gasteiger partial charge is 0.481 e. The van der Waals surface area contributed by atoms with Crippen molar-refractivity contribution in [2.24, 2.45) is 0 Å². The van der Waals surface area contributed by atoms with Gasteiger partial charge in [-0.3, -0.25) is 15.0 Å². The number of nitrogens with one attached hydrogen (secondary N) is 2. The molecule has 3 rings (SSSR count). The second-order valence-corrected chi connectivity index (χ2v) is 6.66. The number of aliphatic hydroxyl groups is 1. The van der Waals surface area contributed by atoms with Gasteiger partial charge in [0.05, 0.1) is 13.7 Å². The first-order valence-electron chi connectivity index (χ1n) is 9.12. The van der Waals surface area contributed by atoms with Gasteiger partial charge in [-0.1, -0.05) is 17.7 Å². The van der Waals surface area contributed by atoms with E-state index in [0.717, 1.165) is 5.56 Å². The second kappa shape index (κ2) is 8.85. The molecule has 8 heteroatoms. The molecule has 0 aliphatic carbocycles. The van der Waals surface area contributed by atoms with E-state index in [1.807, 2.05) is 31.2 Å². The van der Waals surface area contributed by atoms with Crippen molar-refractivity contribution in [2.75, 3.05) is 30.5 Å². The highest BCUT2D eigenvalue weighted by atomic mass is 16.5. The molecule has 3 N–H and O–H groups in total. The normalized spacial score (nSPS) is 17.6. The lowest BCUT2D eigenvalue weighted by Gasteiger charge is -2.34. The number of ether oxygens (including phenoxy) is 2. The first-order valence-corrected chi connectivity index (χ1v) is 9.12. The maximum atomic E-state index is 12.8. The number of anilines is 2. The molecule has 152 valence electrons. The molecule has 29 heavy (non-hydrogen) atoms. The van der Waals surface area contributed by atoms with E-state index in [0.29, 0.717) is 23.5 Å². The van der Waals surface area contributed by atoms with Crippen LogP contribution < -0.4 is 10.2 Å². The predicted molar refractivity (Wildman–Crippen MR) is 108 cm³/mol. The Morgan fingerprint density at radius 2 is 1.90 bits per heavy atom. The highest BCUT2D eigenvalue weighted by Crippen LogP contribution is 2.21. The van der Waals surface area contributed by atoms with Gasteiger partial charge in [0.25, 0.3) is 11.8 Å². The van der Waals surface area contributed by atoms with Gasteiger partial charge in [-0.25, -0.2) is 0 Å². The van der Waals surface area contributed by atoms with Crippen molar-refractivity contribution in [1.29, 1.82) is 5.41 Å². The van der Waals surface area contributed by atoms with Crippen LogP contribution in [0.2, 0.25) is 0 Å². The average molecular weight is 397 g/mol. The summed E-state index contributed by atoms with van der Waals surface area (Å²) in [5.41, 5.74) is 2.72. The molecule has 0 radical (unpaired) electrons. The van der Waals surface area contributed by atoms with E-state index in [1.165, 1.54) is 12.0 Å². The summed E-state index contributed by atoms with van der Waals surface area (Å²) in [6.45, 7) is 2.51. The van der Waals surface area contributed by atoms with Crippen molar-refractivity contribution in [2.45, 2.75) is 19.1 Å². The molecule has 1 heterocycles. The maximum absolute atomic E-state index is 12.8. The molecule has 0 unspecified atom stereocenters. The summed E-state index contributed by atoms with van der Waals surface area (Å²) < 4.78 is 10.2. The number of carbonyl (C=O) groups excluding carboxylic acids is 2. The molecule has 1 aliphatic rings. The minimum atomic E-state index is -1.66. The van der Waals surface area contributed by atoms with Gasteiger partial charge in [-0.2, -0.15) is 0 Å². The van der Waals surface area contributed by atoms with E-state index in [1.54, 1.807) is 24.3 Å². The molecule has 0 bridgehead atoms. The third kappa shape index (κ3) is 4.61. The molecular weight excluding hydrogens is 374 g/mol. The van der Waals surface area contributed by atoms with E-state index < -0.39 is 24.0 Å². The van der Waals surface area contributed by atoms with Crippen LogP contribution in [0.1, 0.15) is 11.1 Å². The van der Waals surface area contributed by atoms with Gasteiger partial charge in [0.1, 0.15) is 0 Å². The standard InChI is InChI=1S/C21H23N3O5/c1-13-3-9-16(10-4-13)24-11-12-29-18(21(24)27)17(25)20(26)23-15-7-5-14(6-8-15)19(22)28-2/h3-10,17-18,22,25H,11-12H2,1-2H3,(H,23,26)/t17-,18-/m1/s1. The minimum Gasteiger partial charge on any atom is -0.481 e. The van der Waals surface area contributed by atoms with Crippen LogP contribution in [0.3, 0.4) is 0 Å². The number of aliphatic hydroxyl groups excluding tert-OH is 1. The van der Waals surface area contributed by atoms with Gasteiger partial charge < -0.3 is 24.8 Å². The summed E-state index contributed by atoms with van der Waals surface area (Å²) in [5, 5.41) is 20.6. The van der Waals surface area contributed by atoms with Crippen molar-refractivity contribution in [3.8, 4) is 0 Å². The zero-order chi connectivity index (χ0) is 21.0. The summed E-state index contributed by atoms with van der Waals surface area (Å²) in [6.07, 6.45) is -2.95. The number of hydrogen-bond donors (Lipinski definition) is 3. The number of morpholine rings is 1. The summed E-state index contributed by atoms with van der Waals surface area (Å²) in [6, 6.07) is 13.8. The third-order valence-electron chi connectivity index (χ3n) is 4.64. The van der Waals surface area contributed by atoms with Crippen molar-refractivity contribution < 1.29 is 24.2 Å². The number of benzene rings is 2. The number of carbonyl (C=O) groups is 2. The molecule has 2 amide bonds. The Morgan fingerprint density at radius 3 is 2.52 bits per heavy atom. The van der Waals surface area contributed by atoms with Crippen LogP contribution in [0, 0.1) is 12.3 Å². The number of nitrogens with zero attached hydrogens (tertiary/aromatic N) is 1. The van der Waals surface area contributed by atoms with Crippen LogP contribution in [0.4, 0.5) is 11.4 Å². The molecule has 2 atom stereocenters. The van der Waals surface area contributed by atoms with E-state index in [-0.39, 0.29) is 12.5 Å². The van der Waals surface area contributed by atoms with Gasteiger partial charge in [0.15, 0.2) is 12.2 Å². The molecular formula is C21H23N3O5. The number of hydrogen-bond acceptors (Lipinski definition) is 6. The van der Waals surface area contributed by atoms with Gasteiger partial charge in [-0.05, 0) is 43.3 Å². The lowest BCUT2D eigenvalue weighted by Crippen LogP contribution is -2.55. The number of amides is 2. The quantitative estimate of drug-likeness (QED) is 0.525. The molecule has 1 aliphatic heterocycles. The van der Waals surface area contributed by atoms with Crippen LogP contribution in [0.5, 0.6) is 0 Å². The topological polar surface area (TPSA) is 112 Å². The zero-order valence-corrected chi connectivity index (χ0v) is 16.2. The highest BCUT2D eigenvalue weighted by molar-refractivity contribution is 6.04. The molecule has 0 aromatic heterocycles. The first-order chi connectivity index (χ1) is 13.9. The Hall–Kier alpha value is -3.23. The Kier molecular flexibility index (Phi) is 6.26. The van der Waals surface area contributed by atoms with E-state index in [2.05, 4.69) is 5.32 Å². The van der Waals surface area contributed by atoms with Gasteiger partial charge in [0.2, 0.25) is 5.90 Å². The van der Waals surface area contributed by atoms with Crippen molar-refractivity contribution >= 4 is 29.1 Å². The highest BCUT2D eigenvalue weighted by Gasteiger charge is 2.39. The van der Waals surface area contributed by atoms with Crippen LogP contribution in [0.25, 0.3) is 0 Å². The van der Waals surface area contributed by atoms with Gasteiger partial charge in [-0.15, -0.1) is 0 Å². The van der Waals surface area contributed by atoms with Gasteiger partial charge >= 0.3 is 0 Å². The minimum absolute atomic E-state index is 0.000288. The van der Waals surface area contributed by atoms with Crippen molar-refractivity contribution in [3.05, 3.63) is 59.7 Å². The fourth-order valence-corrected chi connectivity index (χ4v) is 2.99. The van der Waals surface area contributed by atoms with E-state index in [4.69, 9.17) is 14.9 Å². The molecule has 2 aromatic rings. The van der Waals surface area contributed by atoms with E-state index in [9.17, 15) is 14.7 Å². The van der Waals surface area contributed by atoms with Gasteiger partial charge in [0, 0.05) is 23.5 Å². The summed E-state index contributed by atoms with van der Waals surface area (Å²) >= 11 is 0. The molecule has 1 fully saturated rings. The Balaban J connectivity index is 1.67. The van der Waals surface area contributed by atoms with Crippen LogP contribution in [-0.4, -0.2) is 55.3 Å². The predicted octanol–water partition coefficient (Wildman–Crippen LogP) is 1.70. The first kappa shape index (κ1) is 20.5. The fourth-order valence-electron chi connectivity index (χ4n) is 2.99. The zero-order valence-electron chi connectivity index (χ0n) is 16.2. The monoisotopic (exact) mass is 397 g/mol. The summed E-state index contributed by atoms with van der Waals surface area (Å²) in [5.74, 6) is -1.21. The molecule has 0 spiro atoms. The second-order valence-electron chi connectivity index (χ2n) is 6.66. The molecule has 0 saturated carbocycles. The number of aryl methyl sites for hydroxylation is 1. The molecule has 2 aromatic carbocycles. The molecule has 8 nitrogen and oxygen atoms in total. The molecule has 1 saturated heterocycles. The summed E-state index contributed by atoms with van der Waals surface area (Å²) in [7, 11) is 1.40. The Labute approximate surface area is 168 Å². The number of rotatable bonds is 5. The lowest BCUT2D eigenvalue weighted by molar-refractivity contribution is -0.150. The lowest BCUT2D eigenvalue weighted by atomic mass is 10.1.